The molecular weight excluding hydrogens is 248 g/mol. The highest BCUT2D eigenvalue weighted by atomic mass is 32.1. The summed E-state index contributed by atoms with van der Waals surface area (Å²) >= 11 is 1.52. The molecule has 2 aromatic rings. The topological polar surface area (TPSA) is 54.4 Å². The molecule has 0 radical (unpaired) electrons. The molecule has 1 aromatic heterocycles. The Balaban J connectivity index is 2.27. The van der Waals surface area contributed by atoms with Crippen molar-refractivity contribution < 1.29 is 14.7 Å². The Morgan fingerprint density at radius 1 is 1.06 bits per heavy atom. The molecule has 0 bridgehead atoms. The second-order valence-corrected chi connectivity index (χ2v) is 4.54. The lowest BCUT2D eigenvalue weighted by molar-refractivity contribution is 0.0693. The lowest BCUT2D eigenvalue weighted by Crippen LogP contribution is -2.06. The van der Waals surface area contributed by atoms with Gasteiger partial charge >= 0.3 is 5.97 Å². The van der Waals surface area contributed by atoms with Crippen LogP contribution in [0, 0.1) is 0 Å². The van der Waals surface area contributed by atoms with Gasteiger partial charge in [-0.3, -0.25) is 4.79 Å². The summed E-state index contributed by atoms with van der Waals surface area (Å²) in [6.45, 7) is 0. The van der Waals surface area contributed by atoms with Gasteiger partial charge in [-0.15, -0.1) is 11.3 Å². The van der Waals surface area contributed by atoms with E-state index in [0.717, 1.165) is 4.88 Å². The Morgan fingerprint density at radius 2 is 1.78 bits per heavy atom. The van der Waals surface area contributed by atoms with Crippen molar-refractivity contribution in [1.82, 2.24) is 0 Å². The van der Waals surface area contributed by atoms with Gasteiger partial charge in [-0.25, -0.2) is 4.79 Å². The van der Waals surface area contributed by atoms with E-state index in [9.17, 15) is 9.59 Å². The summed E-state index contributed by atoms with van der Waals surface area (Å²) in [5.41, 5.74) is 0.233. The molecule has 0 atom stereocenters. The van der Waals surface area contributed by atoms with Gasteiger partial charge in [0.25, 0.3) is 0 Å². The van der Waals surface area contributed by atoms with Crippen LogP contribution in [0.1, 0.15) is 25.6 Å². The maximum Gasteiger partial charge on any atom is 0.336 e. The quantitative estimate of drug-likeness (QED) is 0.676. The third kappa shape index (κ3) is 2.73. The summed E-state index contributed by atoms with van der Waals surface area (Å²) in [4.78, 5) is 23.9. The van der Waals surface area contributed by atoms with Gasteiger partial charge in [0.2, 0.25) is 0 Å². The van der Waals surface area contributed by atoms with E-state index in [-0.39, 0.29) is 16.9 Å². The first-order chi connectivity index (χ1) is 8.68. The predicted molar refractivity (Wildman–Crippen MR) is 71.1 cm³/mol. The van der Waals surface area contributed by atoms with Gasteiger partial charge in [-0.1, -0.05) is 24.3 Å². The first-order valence-corrected chi connectivity index (χ1v) is 6.14. The summed E-state index contributed by atoms with van der Waals surface area (Å²) in [5, 5.41) is 10.9. The van der Waals surface area contributed by atoms with Crippen molar-refractivity contribution in [2.75, 3.05) is 0 Å². The summed E-state index contributed by atoms with van der Waals surface area (Å²) < 4.78 is 0. The Labute approximate surface area is 108 Å². The number of hydrogen-bond donors (Lipinski definition) is 1. The van der Waals surface area contributed by atoms with Gasteiger partial charge in [0.05, 0.1) is 5.56 Å². The van der Waals surface area contributed by atoms with Crippen LogP contribution in [0.3, 0.4) is 0 Å². The van der Waals surface area contributed by atoms with Gasteiger partial charge in [-0.05, 0) is 29.7 Å². The van der Waals surface area contributed by atoms with E-state index in [0.29, 0.717) is 0 Å². The number of carbonyl (C=O) groups excluding carboxylic acids is 1. The van der Waals surface area contributed by atoms with Crippen LogP contribution in [0.25, 0.3) is 6.08 Å². The van der Waals surface area contributed by atoms with Crippen LogP contribution in [0.4, 0.5) is 0 Å². The van der Waals surface area contributed by atoms with Gasteiger partial charge in [-0.2, -0.15) is 0 Å². The second kappa shape index (κ2) is 5.42. The number of benzene rings is 1. The van der Waals surface area contributed by atoms with E-state index in [1.54, 1.807) is 18.2 Å². The monoisotopic (exact) mass is 258 g/mol. The summed E-state index contributed by atoms with van der Waals surface area (Å²) in [6.07, 6.45) is 3.08. The molecule has 0 spiro atoms. The predicted octanol–water partition coefficient (Wildman–Crippen LogP) is 3.34. The average molecular weight is 258 g/mol. The highest BCUT2D eigenvalue weighted by Gasteiger charge is 2.13. The molecular formula is C14H10O3S. The van der Waals surface area contributed by atoms with Gasteiger partial charge < -0.3 is 5.11 Å². The second-order valence-electron chi connectivity index (χ2n) is 3.56. The number of allylic oxidation sites excluding steroid dienone is 1. The van der Waals surface area contributed by atoms with Crippen molar-refractivity contribution >= 4 is 29.2 Å². The van der Waals surface area contributed by atoms with E-state index in [2.05, 4.69) is 0 Å². The Kier molecular flexibility index (Phi) is 3.69. The van der Waals surface area contributed by atoms with Crippen LogP contribution >= 0.6 is 11.3 Å². The molecule has 0 saturated heterocycles. The molecule has 1 N–H and O–H groups in total. The zero-order valence-corrected chi connectivity index (χ0v) is 10.2. The van der Waals surface area contributed by atoms with E-state index in [1.165, 1.54) is 29.5 Å². The summed E-state index contributed by atoms with van der Waals surface area (Å²) in [6, 6.07) is 9.97. The normalized spacial score (nSPS) is 10.7. The van der Waals surface area contributed by atoms with Crippen LogP contribution in [-0.4, -0.2) is 16.9 Å². The number of rotatable bonds is 4. The highest BCUT2D eigenvalue weighted by molar-refractivity contribution is 7.10. The number of aromatic carboxylic acids is 1. The van der Waals surface area contributed by atoms with Gasteiger partial charge in [0.1, 0.15) is 0 Å². The average Bonchev–Trinajstić information content (AvgIpc) is 2.89. The molecule has 3 nitrogen and oxygen atoms in total. The van der Waals surface area contributed by atoms with Crippen LogP contribution in [0.5, 0.6) is 0 Å². The zero-order valence-electron chi connectivity index (χ0n) is 9.37. The lowest BCUT2D eigenvalue weighted by Gasteiger charge is -2.00. The first-order valence-electron chi connectivity index (χ1n) is 5.27. The van der Waals surface area contributed by atoms with Crippen molar-refractivity contribution in [1.29, 1.82) is 0 Å². The fraction of sp³-hybridized carbons (Fsp3) is 0. The number of carboxylic acid groups (broad SMARTS) is 1. The van der Waals surface area contributed by atoms with E-state index in [1.807, 2.05) is 17.5 Å². The largest absolute Gasteiger partial charge is 0.478 e. The molecule has 2 rings (SSSR count). The molecule has 90 valence electrons. The lowest BCUT2D eigenvalue weighted by atomic mass is 10.0. The summed E-state index contributed by atoms with van der Waals surface area (Å²) in [7, 11) is 0. The van der Waals surface area contributed by atoms with E-state index >= 15 is 0 Å². The van der Waals surface area contributed by atoms with E-state index in [4.69, 9.17) is 5.11 Å². The molecule has 18 heavy (non-hydrogen) atoms. The molecule has 0 aliphatic carbocycles. The Morgan fingerprint density at radius 3 is 2.39 bits per heavy atom. The molecule has 0 saturated carbocycles. The highest BCUT2D eigenvalue weighted by Crippen LogP contribution is 2.14. The van der Waals surface area contributed by atoms with Crippen LogP contribution in [0.15, 0.2) is 47.9 Å². The van der Waals surface area contributed by atoms with Crippen molar-refractivity contribution in [3.8, 4) is 0 Å². The molecule has 0 unspecified atom stereocenters. The molecule has 4 heteroatoms. The number of hydrogen-bond acceptors (Lipinski definition) is 3. The molecule has 0 amide bonds. The van der Waals surface area contributed by atoms with Crippen molar-refractivity contribution in [3.05, 3.63) is 63.9 Å². The molecule has 0 aliphatic heterocycles. The Bertz CT molecular complexity index is 597. The fourth-order valence-electron chi connectivity index (χ4n) is 1.52. The fourth-order valence-corrected chi connectivity index (χ4v) is 2.14. The number of carbonyl (C=O) groups is 2. The maximum absolute atomic E-state index is 11.9. The molecule has 1 aromatic carbocycles. The van der Waals surface area contributed by atoms with Gasteiger partial charge in [0.15, 0.2) is 5.78 Å². The van der Waals surface area contributed by atoms with Crippen molar-refractivity contribution in [2.45, 2.75) is 0 Å². The summed E-state index contributed by atoms with van der Waals surface area (Å²) in [5.74, 6) is -1.40. The number of ketones is 1. The van der Waals surface area contributed by atoms with Crippen LogP contribution < -0.4 is 0 Å². The van der Waals surface area contributed by atoms with E-state index < -0.39 is 5.97 Å². The third-order valence-corrected chi connectivity index (χ3v) is 3.20. The molecule has 0 fully saturated rings. The molecule has 1 heterocycles. The molecule has 0 aliphatic rings. The number of carboxylic acids is 1. The van der Waals surface area contributed by atoms with Crippen LogP contribution in [-0.2, 0) is 0 Å². The minimum atomic E-state index is -1.09. The maximum atomic E-state index is 11.9. The Hall–Kier alpha value is -2.20. The number of thiophene rings is 1. The standard InChI is InChI=1S/C14H10O3S/c15-13(8-7-10-4-3-9-18-10)11-5-1-2-6-12(11)14(16)17/h1-9H,(H,16,17)/b8-7+. The van der Waals surface area contributed by atoms with Crippen molar-refractivity contribution in [2.24, 2.45) is 0 Å². The van der Waals surface area contributed by atoms with Crippen LogP contribution in [0.2, 0.25) is 0 Å². The minimum Gasteiger partial charge on any atom is -0.478 e. The third-order valence-electron chi connectivity index (χ3n) is 2.37. The SMILES string of the molecule is O=C(O)c1ccccc1C(=O)/C=C/c1cccs1. The van der Waals surface area contributed by atoms with Gasteiger partial charge in [0, 0.05) is 10.4 Å². The van der Waals surface area contributed by atoms with Crippen molar-refractivity contribution in [3.63, 3.8) is 0 Å². The zero-order chi connectivity index (χ0) is 13.0. The smallest absolute Gasteiger partial charge is 0.336 e. The first kappa shape index (κ1) is 12.3. The minimum absolute atomic E-state index is 0.0262.